The molecular weight excluding hydrogens is 144 g/mol. The SMILES string of the molecule is C1CCCC1.N.N.NC(N)=O. The molecule has 1 rings (SSSR count). The van der Waals surface area contributed by atoms with E-state index in [1.165, 1.54) is 32.1 Å². The Morgan fingerprint density at radius 2 is 0.909 bits per heavy atom. The number of hydrogen-bond donors (Lipinski definition) is 4. The summed E-state index contributed by atoms with van der Waals surface area (Å²) in [5.41, 5.74) is 8.50. The first-order valence-electron chi connectivity index (χ1n) is 3.28. The highest BCUT2D eigenvalue weighted by molar-refractivity contribution is 5.69. The Balaban J connectivity index is -0.000000101. The van der Waals surface area contributed by atoms with Crippen LogP contribution >= 0.6 is 0 Å². The largest absolute Gasteiger partial charge is 0.352 e. The first-order valence-corrected chi connectivity index (χ1v) is 3.28. The summed E-state index contributed by atoms with van der Waals surface area (Å²) in [6.45, 7) is 0. The molecule has 0 unspecified atom stereocenters. The van der Waals surface area contributed by atoms with E-state index in [9.17, 15) is 0 Å². The van der Waals surface area contributed by atoms with Gasteiger partial charge in [-0.3, -0.25) is 0 Å². The standard InChI is InChI=1S/C5H10.CH4N2O.2H3N/c1-2-4-5-3-1;2-1(3)4;;/h1-5H2;(H4,2,3,4);2*1H3. The normalized spacial score (nSPS) is 13.1. The third-order valence-corrected chi connectivity index (χ3v) is 1.25. The molecule has 0 spiro atoms. The highest BCUT2D eigenvalue weighted by atomic mass is 16.2. The number of amides is 2. The minimum Gasteiger partial charge on any atom is -0.352 e. The second-order valence-corrected chi connectivity index (χ2v) is 2.17. The van der Waals surface area contributed by atoms with Gasteiger partial charge in [-0.25, -0.2) is 4.79 Å². The molecule has 0 heterocycles. The van der Waals surface area contributed by atoms with Crippen LogP contribution in [0.15, 0.2) is 0 Å². The molecule has 0 aromatic rings. The first kappa shape index (κ1) is 16.6. The molecule has 0 aromatic heterocycles. The smallest absolute Gasteiger partial charge is 0.309 e. The minimum atomic E-state index is -0.833. The van der Waals surface area contributed by atoms with E-state index in [1.54, 1.807) is 0 Å². The summed E-state index contributed by atoms with van der Waals surface area (Å²) in [4.78, 5) is 9.00. The molecule has 10 N–H and O–H groups in total. The van der Waals surface area contributed by atoms with Crippen molar-refractivity contribution < 1.29 is 4.79 Å². The zero-order valence-corrected chi connectivity index (χ0v) is 7.01. The monoisotopic (exact) mass is 164 g/mol. The van der Waals surface area contributed by atoms with Crippen molar-refractivity contribution in [3.05, 3.63) is 0 Å². The molecule has 1 aliphatic carbocycles. The van der Waals surface area contributed by atoms with E-state index in [0.29, 0.717) is 0 Å². The molecular formula is C6H20N4O. The van der Waals surface area contributed by atoms with Gasteiger partial charge in [0.25, 0.3) is 0 Å². The van der Waals surface area contributed by atoms with Crippen LogP contribution < -0.4 is 23.8 Å². The van der Waals surface area contributed by atoms with Crippen molar-refractivity contribution in [1.29, 1.82) is 0 Å². The summed E-state index contributed by atoms with van der Waals surface area (Å²) >= 11 is 0. The number of rotatable bonds is 0. The maximum atomic E-state index is 9.00. The fourth-order valence-corrected chi connectivity index (χ4v) is 0.884. The Morgan fingerprint density at radius 1 is 0.818 bits per heavy atom. The molecule has 5 nitrogen and oxygen atoms in total. The van der Waals surface area contributed by atoms with Crippen LogP contribution in [0.1, 0.15) is 32.1 Å². The zero-order valence-electron chi connectivity index (χ0n) is 7.01. The van der Waals surface area contributed by atoms with Gasteiger partial charge in [0.05, 0.1) is 0 Å². The van der Waals surface area contributed by atoms with Crippen molar-refractivity contribution in [2.45, 2.75) is 32.1 Å². The second kappa shape index (κ2) is 11.9. The van der Waals surface area contributed by atoms with Crippen molar-refractivity contribution in [3.8, 4) is 0 Å². The summed E-state index contributed by atoms with van der Waals surface area (Å²) < 4.78 is 0. The van der Waals surface area contributed by atoms with E-state index < -0.39 is 6.03 Å². The lowest BCUT2D eigenvalue weighted by Gasteiger charge is -1.67. The van der Waals surface area contributed by atoms with Crippen LogP contribution in [0, 0.1) is 0 Å². The highest BCUT2D eigenvalue weighted by Crippen LogP contribution is 2.15. The fraction of sp³-hybridized carbons (Fsp3) is 0.833. The van der Waals surface area contributed by atoms with Gasteiger partial charge in [-0.05, 0) is 0 Å². The van der Waals surface area contributed by atoms with Crippen molar-refractivity contribution in [2.24, 2.45) is 11.5 Å². The molecule has 2 amide bonds. The molecule has 1 saturated carbocycles. The predicted molar refractivity (Wildman–Crippen MR) is 46.9 cm³/mol. The third kappa shape index (κ3) is 27.1. The lowest BCUT2D eigenvalue weighted by atomic mass is 10.4. The average molecular weight is 164 g/mol. The number of urea groups is 1. The van der Waals surface area contributed by atoms with Gasteiger partial charge in [0.1, 0.15) is 0 Å². The van der Waals surface area contributed by atoms with Crippen molar-refractivity contribution in [2.75, 3.05) is 0 Å². The van der Waals surface area contributed by atoms with Gasteiger partial charge >= 0.3 is 6.03 Å². The molecule has 0 radical (unpaired) electrons. The summed E-state index contributed by atoms with van der Waals surface area (Å²) in [7, 11) is 0. The molecule has 1 aliphatic rings. The van der Waals surface area contributed by atoms with Gasteiger partial charge in [0.2, 0.25) is 0 Å². The van der Waals surface area contributed by atoms with Crippen LogP contribution in [-0.4, -0.2) is 6.03 Å². The number of hydrogen-bond acceptors (Lipinski definition) is 3. The maximum Gasteiger partial charge on any atom is 0.309 e. The molecule has 11 heavy (non-hydrogen) atoms. The van der Waals surface area contributed by atoms with Crippen LogP contribution in [0.3, 0.4) is 0 Å². The fourth-order valence-electron chi connectivity index (χ4n) is 0.884. The minimum absolute atomic E-state index is 0. The highest BCUT2D eigenvalue weighted by Gasteiger charge is 1.95. The molecule has 0 bridgehead atoms. The molecule has 0 atom stereocenters. The molecule has 5 heteroatoms. The Kier molecular flexibility index (Phi) is 18.0. The molecule has 0 aliphatic heterocycles. The number of carbonyl (C=O) groups is 1. The topological polar surface area (TPSA) is 139 Å². The van der Waals surface area contributed by atoms with Crippen LogP contribution in [0.5, 0.6) is 0 Å². The number of nitrogens with two attached hydrogens (primary N) is 2. The molecule has 1 fully saturated rings. The zero-order chi connectivity index (χ0) is 7.11. The van der Waals surface area contributed by atoms with E-state index in [2.05, 4.69) is 11.5 Å². The van der Waals surface area contributed by atoms with Crippen molar-refractivity contribution in [1.82, 2.24) is 12.3 Å². The number of carbonyl (C=O) groups excluding carboxylic acids is 1. The lowest BCUT2D eigenvalue weighted by molar-refractivity contribution is 0.256. The summed E-state index contributed by atoms with van der Waals surface area (Å²) in [5.74, 6) is 0. The molecule has 70 valence electrons. The third-order valence-electron chi connectivity index (χ3n) is 1.25. The van der Waals surface area contributed by atoms with E-state index in [0.717, 1.165) is 0 Å². The van der Waals surface area contributed by atoms with Crippen molar-refractivity contribution in [3.63, 3.8) is 0 Å². The van der Waals surface area contributed by atoms with E-state index >= 15 is 0 Å². The van der Waals surface area contributed by atoms with Crippen LogP contribution in [0.25, 0.3) is 0 Å². The lowest BCUT2D eigenvalue weighted by Crippen LogP contribution is -2.18. The first-order chi connectivity index (χ1) is 4.23. The summed E-state index contributed by atoms with van der Waals surface area (Å²) in [6.07, 6.45) is 7.50. The van der Waals surface area contributed by atoms with E-state index in [4.69, 9.17) is 4.79 Å². The summed E-state index contributed by atoms with van der Waals surface area (Å²) in [6, 6.07) is -0.833. The molecule has 0 saturated heterocycles. The Bertz CT molecular complexity index is 71.0. The van der Waals surface area contributed by atoms with Crippen LogP contribution in [0.2, 0.25) is 0 Å². The average Bonchev–Trinajstić information content (AvgIpc) is 2.11. The van der Waals surface area contributed by atoms with Crippen LogP contribution in [0.4, 0.5) is 4.79 Å². The Morgan fingerprint density at radius 3 is 1.00 bits per heavy atom. The van der Waals surface area contributed by atoms with Gasteiger partial charge in [-0.15, -0.1) is 0 Å². The predicted octanol–water partition coefficient (Wildman–Crippen LogP) is 1.30. The van der Waals surface area contributed by atoms with Gasteiger partial charge in [-0.1, -0.05) is 32.1 Å². The van der Waals surface area contributed by atoms with Crippen LogP contribution in [-0.2, 0) is 0 Å². The second-order valence-electron chi connectivity index (χ2n) is 2.17. The van der Waals surface area contributed by atoms with Gasteiger partial charge < -0.3 is 23.8 Å². The quantitative estimate of drug-likeness (QED) is 0.429. The number of primary amides is 2. The molecule has 0 aromatic carbocycles. The summed E-state index contributed by atoms with van der Waals surface area (Å²) in [5, 5.41) is 0. The Labute approximate surface area is 67.7 Å². The van der Waals surface area contributed by atoms with Crippen molar-refractivity contribution >= 4 is 6.03 Å². The van der Waals surface area contributed by atoms with Gasteiger partial charge in [-0.2, -0.15) is 0 Å². The van der Waals surface area contributed by atoms with E-state index in [1.807, 2.05) is 0 Å². The maximum absolute atomic E-state index is 9.00. The van der Waals surface area contributed by atoms with E-state index in [-0.39, 0.29) is 12.3 Å². The van der Waals surface area contributed by atoms with Gasteiger partial charge in [0.15, 0.2) is 0 Å². The Hall–Kier alpha value is -0.810. The van der Waals surface area contributed by atoms with Gasteiger partial charge in [0, 0.05) is 0 Å².